The van der Waals surface area contributed by atoms with Crippen LogP contribution in [0.2, 0.25) is 5.02 Å². The van der Waals surface area contributed by atoms with Crippen molar-refractivity contribution in [1.82, 2.24) is 40.1 Å². The monoisotopic (exact) mass is 981 g/mol. The second-order valence-corrected chi connectivity index (χ2v) is 18.7. The first-order chi connectivity index (χ1) is 33.8. The lowest BCUT2D eigenvalue weighted by atomic mass is 9.95. The number of rotatable bonds is 14. The zero-order valence-corrected chi connectivity index (χ0v) is 40.9. The van der Waals surface area contributed by atoms with E-state index in [9.17, 15) is 28.2 Å². The summed E-state index contributed by atoms with van der Waals surface area (Å²) < 4.78 is 43.3. The standard InChI is InChI=1S/C52H63ClF3N11O3/c1-4-38-29-42(48(69)30-47(38)68)50-62-61-35(2)67(50)40-13-11-36(12-14-40)31-63-25-27-64(28-26-63)32-37-15-19-58-34-60-45-33-66(46-10-6-8-39-7-5-9-43(53)49(39)46)22-17-41(45)44(59-20-16-37)18-23-65(24-21-57-3)51(70)52(54,55)56/h5-14,29-30,34,37,57,68-69H,4,15-28,31-33H2,1-3H3,(H,58,60). The van der Waals surface area contributed by atoms with Crippen LogP contribution in [0.15, 0.2) is 94.1 Å². The molecule has 1 fully saturated rings. The molecule has 1 aromatic heterocycles. The van der Waals surface area contributed by atoms with Gasteiger partial charge in [0.25, 0.3) is 0 Å². The number of nitrogens with zero attached hydrogens (tertiary/aromatic N) is 9. The summed E-state index contributed by atoms with van der Waals surface area (Å²) in [7, 11) is 1.65. The molecular weight excluding hydrogens is 919 g/mol. The van der Waals surface area contributed by atoms with Crippen molar-refractivity contribution in [3.8, 4) is 28.6 Å². The number of aryl methyl sites for hydroxylation is 2. The van der Waals surface area contributed by atoms with Crippen molar-refractivity contribution in [2.24, 2.45) is 15.9 Å². The third-order valence-corrected chi connectivity index (χ3v) is 14.0. The normalized spacial score (nSPS) is 17.7. The first-order valence-corrected chi connectivity index (χ1v) is 24.6. The van der Waals surface area contributed by atoms with Crippen molar-refractivity contribution in [1.29, 1.82) is 0 Å². The van der Waals surface area contributed by atoms with Crippen LogP contribution in [0.1, 0.15) is 49.6 Å². The fourth-order valence-corrected chi connectivity index (χ4v) is 10.1. The summed E-state index contributed by atoms with van der Waals surface area (Å²) >= 11 is 6.76. The number of carbonyl (C=O) groups excluding carboxylic acids is 1. The number of piperazine rings is 1. The number of halogens is 4. The third-order valence-electron chi connectivity index (χ3n) is 13.7. The molecule has 4 N–H and O–H groups in total. The molecule has 0 aliphatic carbocycles. The molecule has 1 saturated heterocycles. The van der Waals surface area contributed by atoms with Gasteiger partial charge in [-0.1, -0.05) is 54.9 Å². The first-order valence-electron chi connectivity index (χ1n) is 24.3. The number of aromatic nitrogens is 3. The summed E-state index contributed by atoms with van der Waals surface area (Å²) in [6.07, 6.45) is -0.194. The molecule has 0 bridgehead atoms. The molecule has 1 amide bonds. The highest BCUT2D eigenvalue weighted by Crippen LogP contribution is 2.37. The zero-order chi connectivity index (χ0) is 49.4. The molecule has 70 heavy (non-hydrogen) atoms. The van der Waals surface area contributed by atoms with Crippen molar-refractivity contribution in [2.75, 3.05) is 90.5 Å². The molecule has 4 heterocycles. The van der Waals surface area contributed by atoms with Crippen LogP contribution in [0.5, 0.6) is 11.5 Å². The number of aliphatic imine (C=N–C) groups is 2. The van der Waals surface area contributed by atoms with Gasteiger partial charge in [0, 0.05) is 119 Å². The summed E-state index contributed by atoms with van der Waals surface area (Å²) in [6, 6.07) is 23.4. The Bertz CT molecular complexity index is 2710. The van der Waals surface area contributed by atoms with E-state index in [2.05, 4.69) is 53.7 Å². The van der Waals surface area contributed by atoms with E-state index in [1.54, 1.807) is 19.5 Å². The highest BCUT2D eigenvalue weighted by Gasteiger charge is 2.42. The second-order valence-electron chi connectivity index (χ2n) is 18.3. The van der Waals surface area contributed by atoms with E-state index in [4.69, 9.17) is 21.6 Å². The SMILES string of the molecule is CCc1cc(-c2nnc(C)n2-c2ccc(CN3CCN(CC4CCN=CNC5=C(CCN(c6cccc7cccc(Cl)c67)C5)C(CCN(CCNC)C(=O)C(F)(F)F)=NCC4)CC3)cc2)c(O)cc1O. The molecule has 5 aromatic rings. The zero-order valence-electron chi connectivity index (χ0n) is 40.2. The predicted molar refractivity (Wildman–Crippen MR) is 271 cm³/mol. The van der Waals surface area contributed by atoms with Crippen molar-refractivity contribution in [3.05, 3.63) is 106 Å². The molecule has 0 spiro atoms. The van der Waals surface area contributed by atoms with Gasteiger partial charge < -0.3 is 35.5 Å². The van der Waals surface area contributed by atoms with Crippen LogP contribution in [-0.2, 0) is 17.8 Å². The van der Waals surface area contributed by atoms with Crippen LogP contribution >= 0.6 is 11.6 Å². The summed E-state index contributed by atoms with van der Waals surface area (Å²) in [4.78, 5) is 30.7. The Morgan fingerprint density at radius 3 is 2.41 bits per heavy atom. The minimum absolute atomic E-state index is 0.0490. The molecule has 3 aliphatic heterocycles. The van der Waals surface area contributed by atoms with Gasteiger partial charge in [-0.05, 0) is 98.0 Å². The lowest BCUT2D eigenvalue weighted by Gasteiger charge is -2.36. The number of hydrogen-bond donors (Lipinski definition) is 4. The van der Waals surface area contributed by atoms with Crippen LogP contribution in [0.25, 0.3) is 27.8 Å². The number of hydrogen-bond acceptors (Lipinski definition) is 12. The molecule has 14 nitrogen and oxygen atoms in total. The molecule has 1 atom stereocenters. The molecule has 1 unspecified atom stereocenters. The van der Waals surface area contributed by atoms with Gasteiger partial charge >= 0.3 is 12.1 Å². The Morgan fingerprint density at radius 2 is 1.67 bits per heavy atom. The van der Waals surface area contributed by atoms with Crippen LogP contribution < -0.4 is 15.5 Å². The third kappa shape index (κ3) is 11.9. The number of likely N-dealkylation sites (N-methyl/N-ethyl adjacent to an activating group) is 1. The Kier molecular flexibility index (Phi) is 16.4. The fourth-order valence-electron chi connectivity index (χ4n) is 9.85. The molecule has 18 heteroatoms. The Hall–Kier alpha value is -6.01. The van der Waals surface area contributed by atoms with Crippen LogP contribution in [0.4, 0.5) is 18.9 Å². The van der Waals surface area contributed by atoms with E-state index in [0.29, 0.717) is 72.7 Å². The number of alkyl halides is 3. The lowest BCUT2D eigenvalue weighted by molar-refractivity contribution is -0.185. The number of phenolic OH excluding ortho intramolecular Hbond substituents is 2. The average Bonchev–Trinajstić information content (AvgIpc) is 3.73. The van der Waals surface area contributed by atoms with Crippen molar-refractivity contribution >= 4 is 46.0 Å². The number of phenols is 2. The van der Waals surface area contributed by atoms with Gasteiger partial charge in [-0.15, -0.1) is 10.2 Å². The summed E-state index contributed by atoms with van der Waals surface area (Å²) in [5, 5.41) is 38.7. The number of fused-ring (bicyclic) bond motifs is 1. The van der Waals surface area contributed by atoms with E-state index in [0.717, 1.165) is 96.1 Å². The van der Waals surface area contributed by atoms with Gasteiger partial charge in [0.05, 0.1) is 23.5 Å². The Labute approximate surface area is 412 Å². The van der Waals surface area contributed by atoms with E-state index in [1.165, 1.54) is 11.6 Å². The van der Waals surface area contributed by atoms with Crippen molar-refractivity contribution < 1.29 is 28.2 Å². The lowest BCUT2D eigenvalue weighted by Crippen LogP contribution is -2.47. The van der Waals surface area contributed by atoms with Crippen molar-refractivity contribution in [2.45, 2.75) is 58.7 Å². The topological polar surface area (TPSA) is 150 Å². The fraction of sp³-hybridized carbons (Fsp3) is 0.442. The molecular formula is C52H63ClF3N11O3. The first kappa shape index (κ1) is 50.4. The molecule has 0 radical (unpaired) electrons. The van der Waals surface area contributed by atoms with Gasteiger partial charge in [-0.3, -0.25) is 24.2 Å². The van der Waals surface area contributed by atoms with Gasteiger partial charge in [0.2, 0.25) is 0 Å². The predicted octanol–water partition coefficient (Wildman–Crippen LogP) is 7.77. The van der Waals surface area contributed by atoms with E-state index >= 15 is 0 Å². The van der Waals surface area contributed by atoms with Gasteiger partial charge in [0.15, 0.2) is 5.82 Å². The van der Waals surface area contributed by atoms with E-state index in [-0.39, 0.29) is 37.6 Å². The Morgan fingerprint density at radius 1 is 0.929 bits per heavy atom. The van der Waals surface area contributed by atoms with Gasteiger partial charge in [-0.2, -0.15) is 13.2 Å². The molecule has 8 rings (SSSR count). The number of carbonyl (C=O) groups is 1. The van der Waals surface area contributed by atoms with E-state index < -0.39 is 12.1 Å². The Balaban J connectivity index is 0.931. The van der Waals surface area contributed by atoms with E-state index in [1.807, 2.05) is 60.9 Å². The summed E-state index contributed by atoms with van der Waals surface area (Å²) in [5.41, 5.74) is 6.82. The number of amides is 1. The minimum Gasteiger partial charge on any atom is -0.508 e. The summed E-state index contributed by atoms with van der Waals surface area (Å²) in [6.45, 7) is 11.5. The smallest absolute Gasteiger partial charge is 0.471 e. The molecule has 4 aromatic carbocycles. The average molecular weight is 983 g/mol. The number of benzene rings is 4. The minimum atomic E-state index is -4.98. The molecule has 3 aliphatic rings. The number of aromatic hydroxyl groups is 2. The highest BCUT2D eigenvalue weighted by atomic mass is 35.5. The number of nitrogens with one attached hydrogen (secondary N) is 2. The van der Waals surface area contributed by atoms with Crippen molar-refractivity contribution in [3.63, 3.8) is 0 Å². The van der Waals surface area contributed by atoms with Gasteiger partial charge in [0.1, 0.15) is 17.3 Å². The quantitative estimate of drug-likeness (QED) is 0.0870. The highest BCUT2D eigenvalue weighted by molar-refractivity contribution is 6.36. The van der Waals surface area contributed by atoms with Gasteiger partial charge in [-0.25, -0.2) is 0 Å². The maximum Gasteiger partial charge on any atom is 0.471 e. The maximum absolute atomic E-state index is 13.8. The second kappa shape index (κ2) is 22.8. The molecule has 0 saturated carbocycles. The largest absolute Gasteiger partial charge is 0.508 e. The van der Waals surface area contributed by atoms with Crippen LogP contribution in [-0.4, -0.2) is 149 Å². The summed E-state index contributed by atoms with van der Waals surface area (Å²) in [5.74, 6) is -0.373. The maximum atomic E-state index is 13.8. The molecule has 372 valence electrons. The van der Waals surface area contributed by atoms with Crippen LogP contribution in [0.3, 0.4) is 0 Å². The number of anilines is 1. The van der Waals surface area contributed by atoms with Crippen LogP contribution in [0, 0.1) is 12.8 Å².